The van der Waals surface area contributed by atoms with Gasteiger partial charge >= 0.3 is 11.9 Å². The molecule has 0 saturated carbocycles. The standard InChI is InChI=1S/C25H32N4O7/c1-17(23(30)34-3)27-25(15-26-13-14-28(16-25)18(2)24(31)35-4)19-5-9-21(10-6-19)36-22-11-7-20(8-12-22)29(32)33/h5-12,17-18,26-27H,13-16H2,1-4H3. The first-order valence-corrected chi connectivity index (χ1v) is 11.6. The minimum absolute atomic E-state index is 0.0166. The van der Waals surface area contributed by atoms with Gasteiger partial charge in [0.15, 0.2) is 0 Å². The van der Waals surface area contributed by atoms with Crippen LogP contribution in [-0.4, -0.2) is 74.2 Å². The van der Waals surface area contributed by atoms with Gasteiger partial charge < -0.3 is 19.5 Å². The van der Waals surface area contributed by atoms with Gasteiger partial charge in [-0.05, 0) is 43.7 Å². The fraction of sp³-hybridized carbons (Fsp3) is 0.440. The Kier molecular flexibility index (Phi) is 8.97. The van der Waals surface area contributed by atoms with E-state index in [4.69, 9.17) is 14.2 Å². The number of methoxy groups -OCH3 is 2. The molecular weight excluding hydrogens is 468 g/mol. The molecule has 36 heavy (non-hydrogen) atoms. The van der Waals surface area contributed by atoms with E-state index in [1.807, 2.05) is 17.0 Å². The van der Waals surface area contributed by atoms with Gasteiger partial charge in [-0.2, -0.15) is 0 Å². The third-order valence-electron chi connectivity index (χ3n) is 6.30. The first-order chi connectivity index (χ1) is 17.2. The Hall–Kier alpha value is -3.54. The lowest BCUT2D eigenvalue weighted by atomic mass is 9.87. The largest absolute Gasteiger partial charge is 0.468 e. The van der Waals surface area contributed by atoms with Crippen LogP contribution in [-0.2, 0) is 24.6 Å². The highest BCUT2D eigenvalue weighted by Crippen LogP contribution is 2.30. The molecule has 0 amide bonds. The quantitative estimate of drug-likeness (QED) is 0.300. The molecule has 2 aromatic carbocycles. The summed E-state index contributed by atoms with van der Waals surface area (Å²) in [5, 5.41) is 17.7. The Labute approximate surface area is 209 Å². The Balaban J connectivity index is 1.90. The highest BCUT2D eigenvalue weighted by atomic mass is 16.6. The number of non-ortho nitro benzene ring substituents is 1. The molecule has 2 aromatic rings. The predicted octanol–water partition coefficient (Wildman–Crippen LogP) is 2.20. The molecule has 0 spiro atoms. The van der Waals surface area contributed by atoms with E-state index in [0.29, 0.717) is 37.7 Å². The number of nitrogens with one attached hydrogen (secondary N) is 2. The molecule has 1 aliphatic rings. The number of hydrogen-bond acceptors (Lipinski definition) is 10. The van der Waals surface area contributed by atoms with E-state index in [1.54, 1.807) is 26.0 Å². The molecule has 1 saturated heterocycles. The van der Waals surface area contributed by atoms with Gasteiger partial charge in [-0.15, -0.1) is 0 Å². The number of nitro groups is 1. The summed E-state index contributed by atoms with van der Waals surface area (Å²) in [4.78, 5) is 37.0. The maximum atomic E-state index is 12.3. The molecule has 0 aliphatic carbocycles. The van der Waals surface area contributed by atoms with Crippen molar-refractivity contribution in [1.82, 2.24) is 15.5 Å². The van der Waals surface area contributed by atoms with Gasteiger partial charge in [-0.3, -0.25) is 29.9 Å². The summed E-state index contributed by atoms with van der Waals surface area (Å²) in [6.07, 6.45) is 0. The second kappa shape index (κ2) is 11.9. The van der Waals surface area contributed by atoms with Crippen LogP contribution in [0.4, 0.5) is 5.69 Å². The average molecular weight is 501 g/mol. The lowest BCUT2D eigenvalue weighted by Crippen LogP contribution is -2.59. The molecule has 11 heteroatoms. The van der Waals surface area contributed by atoms with Gasteiger partial charge in [-0.1, -0.05) is 12.1 Å². The van der Waals surface area contributed by atoms with Crippen molar-refractivity contribution in [3.63, 3.8) is 0 Å². The number of nitrogens with zero attached hydrogens (tertiary/aromatic N) is 2. The lowest BCUT2D eigenvalue weighted by Gasteiger charge is -2.40. The summed E-state index contributed by atoms with van der Waals surface area (Å²) in [7, 11) is 2.71. The first-order valence-electron chi connectivity index (χ1n) is 11.6. The van der Waals surface area contributed by atoms with E-state index in [1.165, 1.54) is 38.5 Å². The SMILES string of the molecule is COC(=O)C(C)NC1(c2ccc(Oc3ccc([N+](=O)[O-])cc3)cc2)CNCCN(C(C)C(=O)OC)C1. The first kappa shape index (κ1) is 27.1. The van der Waals surface area contributed by atoms with Crippen molar-refractivity contribution < 1.29 is 28.7 Å². The fourth-order valence-corrected chi connectivity index (χ4v) is 4.29. The van der Waals surface area contributed by atoms with Gasteiger partial charge in [0.05, 0.1) is 24.7 Å². The highest BCUT2D eigenvalue weighted by molar-refractivity contribution is 5.75. The van der Waals surface area contributed by atoms with Crippen molar-refractivity contribution in [3.8, 4) is 11.5 Å². The van der Waals surface area contributed by atoms with Gasteiger partial charge in [0.25, 0.3) is 5.69 Å². The summed E-state index contributed by atoms with van der Waals surface area (Å²) < 4.78 is 15.7. The number of ether oxygens (including phenoxy) is 3. The molecule has 1 aliphatic heterocycles. The normalized spacial score (nSPS) is 20.0. The Bertz CT molecular complexity index is 1060. The number of benzene rings is 2. The number of rotatable bonds is 9. The van der Waals surface area contributed by atoms with Crippen LogP contribution in [0.1, 0.15) is 19.4 Å². The molecule has 0 bridgehead atoms. The molecule has 0 aromatic heterocycles. The van der Waals surface area contributed by atoms with Gasteiger partial charge in [0.1, 0.15) is 23.6 Å². The second-order valence-electron chi connectivity index (χ2n) is 8.70. The minimum Gasteiger partial charge on any atom is -0.468 e. The van der Waals surface area contributed by atoms with E-state index in [0.717, 1.165) is 5.56 Å². The third kappa shape index (κ3) is 6.36. The molecule has 3 atom stereocenters. The Morgan fingerprint density at radius 1 is 1.03 bits per heavy atom. The molecule has 1 fully saturated rings. The van der Waals surface area contributed by atoms with E-state index in [9.17, 15) is 19.7 Å². The molecule has 194 valence electrons. The van der Waals surface area contributed by atoms with E-state index < -0.39 is 28.5 Å². The van der Waals surface area contributed by atoms with Crippen molar-refractivity contribution in [2.75, 3.05) is 40.4 Å². The van der Waals surface area contributed by atoms with Crippen molar-refractivity contribution in [3.05, 3.63) is 64.2 Å². The molecule has 2 N–H and O–H groups in total. The zero-order valence-corrected chi connectivity index (χ0v) is 20.9. The van der Waals surface area contributed by atoms with Crippen LogP contribution in [0.25, 0.3) is 0 Å². The molecular formula is C25H32N4O7. The summed E-state index contributed by atoms with van der Waals surface area (Å²) in [5.41, 5.74) is 0.126. The van der Waals surface area contributed by atoms with Crippen LogP contribution >= 0.6 is 0 Å². The van der Waals surface area contributed by atoms with Crippen LogP contribution in [0.3, 0.4) is 0 Å². The molecule has 1 heterocycles. The number of esters is 2. The number of hydrogen-bond donors (Lipinski definition) is 2. The van der Waals surface area contributed by atoms with Gasteiger partial charge in [0.2, 0.25) is 0 Å². The maximum absolute atomic E-state index is 12.3. The van der Waals surface area contributed by atoms with E-state index >= 15 is 0 Å². The van der Waals surface area contributed by atoms with Crippen molar-refractivity contribution in [2.45, 2.75) is 31.5 Å². The van der Waals surface area contributed by atoms with Crippen LogP contribution in [0.5, 0.6) is 11.5 Å². The number of carbonyl (C=O) groups excluding carboxylic acids is 2. The smallest absolute Gasteiger partial charge is 0.322 e. The summed E-state index contributed by atoms with van der Waals surface area (Å²) in [5.74, 6) is 0.280. The highest BCUT2D eigenvalue weighted by Gasteiger charge is 2.40. The second-order valence-corrected chi connectivity index (χ2v) is 8.70. The van der Waals surface area contributed by atoms with Crippen molar-refractivity contribution in [2.24, 2.45) is 0 Å². The summed E-state index contributed by atoms with van der Waals surface area (Å²) >= 11 is 0. The average Bonchev–Trinajstić information content (AvgIpc) is 3.11. The lowest BCUT2D eigenvalue weighted by molar-refractivity contribution is -0.384. The zero-order chi connectivity index (χ0) is 26.3. The molecule has 0 radical (unpaired) electrons. The van der Waals surface area contributed by atoms with E-state index in [2.05, 4.69) is 10.6 Å². The number of nitro benzene ring substituents is 1. The van der Waals surface area contributed by atoms with Crippen LogP contribution in [0.15, 0.2) is 48.5 Å². The summed E-state index contributed by atoms with van der Waals surface area (Å²) in [6.45, 7) is 5.74. The van der Waals surface area contributed by atoms with E-state index in [-0.39, 0.29) is 11.7 Å². The monoisotopic (exact) mass is 500 g/mol. The molecule has 3 unspecified atom stereocenters. The zero-order valence-electron chi connectivity index (χ0n) is 20.9. The Morgan fingerprint density at radius 3 is 2.17 bits per heavy atom. The van der Waals surface area contributed by atoms with Gasteiger partial charge in [-0.25, -0.2) is 0 Å². The predicted molar refractivity (Wildman–Crippen MR) is 132 cm³/mol. The topological polar surface area (TPSA) is 132 Å². The number of carbonyl (C=O) groups is 2. The van der Waals surface area contributed by atoms with Crippen molar-refractivity contribution >= 4 is 17.6 Å². The fourth-order valence-electron chi connectivity index (χ4n) is 4.29. The van der Waals surface area contributed by atoms with Crippen LogP contribution < -0.4 is 15.4 Å². The van der Waals surface area contributed by atoms with Crippen LogP contribution in [0.2, 0.25) is 0 Å². The molecule has 11 nitrogen and oxygen atoms in total. The maximum Gasteiger partial charge on any atom is 0.322 e. The van der Waals surface area contributed by atoms with Crippen molar-refractivity contribution in [1.29, 1.82) is 0 Å². The molecule has 3 rings (SSSR count). The third-order valence-corrected chi connectivity index (χ3v) is 6.30. The van der Waals surface area contributed by atoms with Crippen LogP contribution in [0, 0.1) is 10.1 Å². The minimum atomic E-state index is -0.738. The summed E-state index contributed by atoms with van der Waals surface area (Å²) in [6, 6.07) is 12.1. The van der Waals surface area contributed by atoms with Gasteiger partial charge in [0, 0.05) is 38.3 Å². The Morgan fingerprint density at radius 2 is 1.61 bits per heavy atom.